The van der Waals surface area contributed by atoms with Crippen LogP contribution in [0.4, 0.5) is 0 Å². The molecule has 2 bridgehead atoms. The number of hydrogen-bond donors (Lipinski definition) is 0. The van der Waals surface area contributed by atoms with Gasteiger partial charge in [-0.05, 0) is 34.7 Å². The number of carbonyl (C=O) groups is 2. The Kier molecular flexibility index (Phi) is 3.70. The van der Waals surface area contributed by atoms with E-state index in [-0.39, 0.29) is 29.7 Å². The average Bonchev–Trinajstić information content (AvgIpc) is 3.06. The molecule has 4 aliphatic rings. The quantitative estimate of drug-likeness (QED) is 0.394. The first kappa shape index (κ1) is 18.1. The topological polar surface area (TPSA) is 37.4 Å². The Morgan fingerprint density at radius 2 is 1.33 bits per heavy atom. The lowest BCUT2D eigenvalue weighted by atomic mass is 9.55. The van der Waals surface area contributed by atoms with Gasteiger partial charge in [0, 0.05) is 5.92 Å². The lowest BCUT2D eigenvalue weighted by Crippen LogP contribution is -2.50. The number of rotatable bonds is 2. The first-order valence-corrected chi connectivity index (χ1v) is 11.1. The van der Waals surface area contributed by atoms with Crippen LogP contribution in [-0.4, -0.2) is 16.7 Å². The van der Waals surface area contributed by atoms with Crippen LogP contribution in [0.25, 0.3) is 0 Å². The van der Waals surface area contributed by atoms with Gasteiger partial charge in [0.05, 0.1) is 22.2 Å². The normalized spacial score (nSPS) is 29.4. The fourth-order valence-electron chi connectivity index (χ4n) is 5.96. The van der Waals surface area contributed by atoms with Crippen molar-refractivity contribution in [2.75, 3.05) is 0 Å². The molecular weight excluding hydrogens is 438 g/mol. The molecule has 3 aromatic carbocycles. The second-order valence-corrected chi connectivity index (χ2v) is 9.75. The van der Waals surface area contributed by atoms with E-state index in [1.807, 2.05) is 61.5 Å². The molecule has 1 fully saturated rings. The molecule has 1 aliphatic heterocycles. The van der Waals surface area contributed by atoms with Gasteiger partial charge in [0.1, 0.15) is 0 Å². The Hall–Kier alpha value is -2.72. The predicted molar refractivity (Wildman–Crippen MR) is 118 cm³/mol. The van der Waals surface area contributed by atoms with Crippen molar-refractivity contribution in [1.29, 1.82) is 0 Å². The molecule has 0 unspecified atom stereocenters. The van der Waals surface area contributed by atoms with Gasteiger partial charge in [-0.3, -0.25) is 14.5 Å². The molecule has 1 heterocycles. The molecule has 3 aromatic rings. The van der Waals surface area contributed by atoms with Crippen LogP contribution in [0.1, 0.15) is 46.7 Å². The summed E-state index contributed by atoms with van der Waals surface area (Å²) in [6, 6.07) is 26.0. The highest BCUT2D eigenvalue weighted by atomic mass is 79.9. The monoisotopic (exact) mass is 457 g/mol. The summed E-state index contributed by atoms with van der Waals surface area (Å²) >= 11 is 4.04. The van der Waals surface area contributed by atoms with Crippen LogP contribution >= 0.6 is 15.9 Å². The maximum Gasteiger partial charge on any atom is 0.235 e. The minimum atomic E-state index is -0.683. The Balaban J connectivity index is 1.57. The minimum absolute atomic E-state index is 0.0563. The molecular formula is C26H20BrNO2. The maximum atomic E-state index is 13.9. The third-order valence-electron chi connectivity index (χ3n) is 7.22. The molecule has 3 atom stereocenters. The van der Waals surface area contributed by atoms with Crippen molar-refractivity contribution in [1.82, 2.24) is 4.90 Å². The van der Waals surface area contributed by atoms with Crippen LogP contribution in [0.5, 0.6) is 0 Å². The number of benzene rings is 3. The number of imide groups is 1. The summed E-state index contributed by atoms with van der Waals surface area (Å²) in [4.78, 5) is 29.2. The Morgan fingerprint density at radius 3 is 1.93 bits per heavy atom. The van der Waals surface area contributed by atoms with E-state index in [2.05, 4.69) is 40.2 Å². The summed E-state index contributed by atoms with van der Waals surface area (Å²) in [5.41, 5.74) is 5.52. The minimum Gasteiger partial charge on any atom is -0.275 e. The molecule has 0 spiro atoms. The second-order valence-electron chi connectivity index (χ2n) is 8.50. The van der Waals surface area contributed by atoms with E-state index >= 15 is 0 Å². The van der Waals surface area contributed by atoms with Gasteiger partial charge in [0.2, 0.25) is 11.8 Å². The van der Waals surface area contributed by atoms with Crippen LogP contribution in [0, 0.1) is 11.8 Å². The highest BCUT2D eigenvalue weighted by Crippen LogP contribution is 2.66. The number of alkyl halides is 1. The Labute approximate surface area is 183 Å². The van der Waals surface area contributed by atoms with Crippen molar-refractivity contribution >= 4 is 27.7 Å². The summed E-state index contributed by atoms with van der Waals surface area (Å²) in [7, 11) is 0. The van der Waals surface area contributed by atoms with Crippen LogP contribution in [0.3, 0.4) is 0 Å². The standard InChI is InChI=1S/C26H20BrNO2/c1-15(16-9-3-2-4-10-16)28-24(29)22-21-17-11-5-7-13-19(17)26(27,23(22)25(28)30)20-14-8-6-12-18(20)21/h2-15,21-23H,1H3/t15-,21?,22+,23-,26?/m0/s1. The number of hydrogen-bond acceptors (Lipinski definition) is 2. The molecule has 1 saturated heterocycles. The molecule has 4 heteroatoms. The zero-order valence-corrected chi connectivity index (χ0v) is 18.0. The smallest absolute Gasteiger partial charge is 0.235 e. The molecule has 2 amide bonds. The summed E-state index contributed by atoms with van der Waals surface area (Å²) < 4.78 is -0.683. The van der Waals surface area contributed by atoms with E-state index in [4.69, 9.17) is 0 Å². The van der Waals surface area contributed by atoms with Crippen LogP contribution in [0.2, 0.25) is 0 Å². The zero-order valence-electron chi connectivity index (χ0n) is 16.5. The van der Waals surface area contributed by atoms with Crippen molar-refractivity contribution < 1.29 is 9.59 Å². The largest absolute Gasteiger partial charge is 0.275 e. The van der Waals surface area contributed by atoms with Gasteiger partial charge in [0.15, 0.2) is 0 Å². The van der Waals surface area contributed by atoms with Gasteiger partial charge in [-0.1, -0.05) is 94.8 Å². The molecule has 3 nitrogen and oxygen atoms in total. The lowest BCUT2D eigenvalue weighted by Gasteiger charge is -2.51. The third-order valence-corrected chi connectivity index (χ3v) is 8.57. The summed E-state index contributed by atoms with van der Waals surface area (Å²) in [6.45, 7) is 1.95. The van der Waals surface area contributed by atoms with E-state index in [0.29, 0.717) is 0 Å². The molecule has 30 heavy (non-hydrogen) atoms. The van der Waals surface area contributed by atoms with Gasteiger partial charge in [-0.25, -0.2) is 0 Å². The molecule has 7 rings (SSSR count). The maximum absolute atomic E-state index is 13.9. The lowest BCUT2D eigenvalue weighted by molar-refractivity contribution is -0.142. The van der Waals surface area contributed by atoms with Crippen molar-refractivity contribution in [3.63, 3.8) is 0 Å². The van der Waals surface area contributed by atoms with Gasteiger partial charge in [-0.2, -0.15) is 0 Å². The molecule has 0 aromatic heterocycles. The number of nitrogens with zero attached hydrogens (tertiary/aromatic N) is 1. The average molecular weight is 458 g/mol. The van der Waals surface area contributed by atoms with Crippen molar-refractivity contribution in [3.8, 4) is 0 Å². The molecule has 148 valence electrons. The fraction of sp³-hybridized carbons (Fsp3) is 0.231. The number of halogens is 1. The highest BCUT2D eigenvalue weighted by molar-refractivity contribution is 9.09. The summed E-state index contributed by atoms with van der Waals surface area (Å²) in [5, 5.41) is 0. The highest BCUT2D eigenvalue weighted by Gasteiger charge is 2.67. The van der Waals surface area contributed by atoms with Gasteiger partial charge < -0.3 is 0 Å². The van der Waals surface area contributed by atoms with Gasteiger partial charge in [-0.15, -0.1) is 0 Å². The van der Waals surface area contributed by atoms with E-state index in [0.717, 1.165) is 27.8 Å². The molecule has 0 radical (unpaired) electrons. The molecule has 0 saturated carbocycles. The predicted octanol–water partition coefficient (Wildman–Crippen LogP) is 5.15. The first-order chi connectivity index (χ1) is 14.5. The Bertz CT molecular complexity index is 1160. The van der Waals surface area contributed by atoms with E-state index in [9.17, 15) is 9.59 Å². The third kappa shape index (κ3) is 2.05. The fourth-order valence-corrected chi connectivity index (χ4v) is 7.17. The zero-order chi connectivity index (χ0) is 20.6. The van der Waals surface area contributed by atoms with E-state index in [1.54, 1.807) is 0 Å². The Morgan fingerprint density at radius 1 is 0.800 bits per heavy atom. The first-order valence-electron chi connectivity index (χ1n) is 10.3. The number of amides is 2. The van der Waals surface area contributed by atoms with Crippen molar-refractivity contribution in [2.24, 2.45) is 11.8 Å². The summed E-state index contributed by atoms with van der Waals surface area (Å²) in [6.07, 6.45) is 0. The van der Waals surface area contributed by atoms with Gasteiger partial charge >= 0.3 is 0 Å². The van der Waals surface area contributed by atoms with Gasteiger partial charge in [0.25, 0.3) is 0 Å². The van der Waals surface area contributed by atoms with Crippen LogP contribution in [-0.2, 0) is 13.9 Å². The van der Waals surface area contributed by atoms with Crippen LogP contribution < -0.4 is 0 Å². The van der Waals surface area contributed by atoms with Crippen LogP contribution in [0.15, 0.2) is 78.9 Å². The molecule has 0 N–H and O–H groups in total. The second kappa shape index (κ2) is 6.14. The SMILES string of the molecule is C[C@@H](c1ccccc1)N1C(=O)[C@@H]2C3c4ccccc4C(Br)(c4ccccc43)[C@@H]2C1=O. The van der Waals surface area contributed by atoms with E-state index < -0.39 is 10.2 Å². The van der Waals surface area contributed by atoms with Crippen molar-refractivity contribution in [2.45, 2.75) is 23.2 Å². The van der Waals surface area contributed by atoms with E-state index in [1.165, 1.54) is 4.90 Å². The number of carbonyl (C=O) groups excluding carboxylic acids is 2. The molecule has 3 aliphatic carbocycles. The number of likely N-dealkylation sites (tertiary alicyclic amines) is 1. The van der Waals surface area contributed by atoms with Crippen molar-refractivity contribution in [3.05, 3.63) is 107 Å². The summed E-state index contributed by atoms with van der Waals surface area (Å²) in [5.74, 6) is -1.04.